The van der Waals surface area contributed by atoms with Crippen LogP contribution in [0.25, 0.3) is 0 Å². The second kappa shape index (κ2) is 12.5. The van der Waals surface area contributed by atoms with Crippen molar-refractivity contribution in [2.75, 3.05) is 0 Å². The number of ether oxygens (including phenoxy) is 4. The second-order valence-electron chi connectivity index (χ2n) is 13.8. The van der Waals surface area contributed by atoms with Gasteiger partial charge in [0.15, 0.2) is 0 Å². The van der Waals surface area contributed by atoms with E-state index in [0.29, 0.717) is 31.4 Å². The van der Waals surface area contributed by atoms with Gasteiger partial charge in [-0.3, -0.25) is 9.59 Å². The molecule has 8 nitrogen and oxygen atoms in total. The van der Waals surface area contributed by atoms with Gasteiger partial charge in [0.05, 0.1) is 10.8 Å². The molecule has 0 bridgehead atoms. The normalized spacial score (nSPS) is 21.4. The van der Waals surface area contributed by atoms with Crippen LogP contribution in [0, 0.1) is 10.8 Å². The lowest BCUT2D eigenvalue weighted by atomic mass is 9.67. The number of hydrogen-bond donors (Lipinski definition) is 1. The average Bonchev–Trinajstić information content (AvgIpc) is 3.67. The maximum absolute atomic E-state index is 14.2. The van der Waals surface area contributed by atoms with E-state index in [4.69, 9.17) is 18.9 Å². The van der Waals surface area contributed by atoms with Gasteiger partial charge in [0.25, 0.3) is 5.79 Å². The van der Waals surface area contributed by atoms with Crippen molar-refractivity contribution >= 4 is 17.9 Å². The molecular weight excluding hydrogens is 572 g/mol. The zero-order valence-corrected chi connectivity index (χ0v) is 27.0. The van der Waals surface area contributed by atoms with Crippen LogP contribution in [-0.4, -0.2) is 34.4 Å². The van der Waals surface area contributed by atoms with Crippen LogP contribution in [0.4, 0.5) is 0 Å². The maximum Gasteiger partial charge on any atom is 0.349 e. The van der Waals surface area contributed by atoms with Crippen molar-refractivity contribution < 1.29 is 38.4 Å². The van der Waals surface area contributed by atoms with Crippen LogP contribution in [0.15, 0.2) is 55.1 Å². The average molecular weight is 619 g/mol. The summed E-state index contributed by atoms with van der Waals surface area (Å²) < 4.78 is 24.1. The Balaban J connectivity index is 1.42. The van der Waals surface area contributed by atoms with Crippen molar-refractivity contribution in [3.05, 3.63) is 66.2 Å². The Hall–Kier alpha value is -3.81. The van der Waals surface area contributed by atoms with Crippen molar-refractivity contribution in [1.82, 2.24) is 0 Å². The highest BCUT2D eigenvalue weighted by molar-refractivity contribution is 5.98. The second-order valence-corrected chi connectivity index (χ2v) is 13.8. The number of benzene rings is 2. The quantitative estimate of drug-likeness (QED) is 0.153. The Bertz CT molecular complexity index is 1430. The van der Waals surface area contributed by atoms with E-state index in [1.165, 1.54) is 0 Å². The van der Waals surface area contributed by atoms with E-state index in [9.17, 15) is 19.5 Å². The molecule has 0 saturated heterocycles. The lowest BCUT2D eigenvalue weighted by molar-refractivity contribution is -0.171. The fraction of sp³-hybridized carbons (Fsp3) is 0.541. The van der Waals surface area contributed by atoms with Gasteiger partial charge in [-0.15, -0.1) is 0 Å². The molecule has 1 N–H and O–H groups in total. The fourth-order valence-corrected chi connectivity index (χ4v) is 7.32. The summed E-state index contributed by atoms with van der Waals surface area (Å²) in [5.41, 5.74) is -1.84. The lowest BCUT2D eigenvalue weighted by Gasteiger charge is -2.40. The molecule has 2 aromatic rings. The van der Waals surface area contributed by atoms with Crippen molar-refractivity contribution in [2.24, 2.45) is 10.8 Å². The standard InChI is InChI=1S/C37H46O8/c1-6-34(4,32(40)42-28-13-12-14-29-30(28)31(39)44-37(43-29)21-10-11-22-37)24-35(5,23-25(3)26-15-17-27(38)18-16-26)33(41)45-36(7-2)19-8-9-20-36/h7,12-18,25,38H,2,6,8-11,19-24H2,1,3-5H3. The molecule has 1 heterocycles. The molecule has 0 aromatic heterocycles. The summed E-state index contributed by atoms with van der Waals surface area (Å²) in [7, 11) is 0. The van der Waals surface area contributed by atoms with Crippen LogP contribution in [0.3, 0.4) is 0 Å². The van der Waals surface area contributed by atoms with Crippen LogP contribution in [-0.2, 0) is 19.1 Å². The molecule has 5 rings (SSSR count). The molecule has 3 unspecified atom stereocenters. The van der Waals surface area contributed by atoms with Gasteiger partial charge < -0.3 is 24.1 Å². The first-order valence-corrected chi connectivity index (χ1v) is 16.3. The molecule has 0 amide bonds. The van der Waals surface area contributed by atoms with Crippen LogP contribution in [0.2, 0.25) is 0 Å². The number of fused-ring (bicyclic) bond motifs is 1. The number of rotatable bonds is 11. The molecule has 242 valence electrons. The third-order valence-corrected chi connectivity index (χ3v) is 10.2. The number of phenols is 1. The van der Waals surface area contributed by atoms with Gasteiger partial charge in [0.1, 0.15) is 28.4 Å². The third kappa shape index (κ3) is 6.61. The summed E-state index contributed by atoms with van der Waals surface area (Å²) in [5.74, 6) is -1.95. The van der Waals surface area contributed by atoms with Gasteiger partial charge in [-0.25, -0.2) is 4.79 Å². The summed E-state index contributed by atoms with van der Waals surface area (Å²) >= 11 is 0. The van der Waals surface area contributed by atoms with Crippen LogP contribution < -0.4 is 9.47 Å². The molecule has 45 heavy (non-hydrogen) atoms. The molecule has 3 atom stereocenters. The smallest absolute Gasteiger partial charge is 0.349 e. The molecule has 0 radical (unpaired) electrons. The molecular formula is C37H46O8. The van der Waals surface area contributed by atoms with Crippen molar-refractivity contribution in [2.45, 2.75) is 116 Å². The predicted molar refractivity (Wildman–Crippen MR) is 169 cm³/mol. The number of phenolic OH excluding ortho intramolecular Hbond substituents is 1. The van der Waals surface area contributed by atoms with Crippen molar-refractivity contribution in [3.8, 4) is 17.2 Å². The molecule has 2 aromatic carbocycles. The topological polar surface area (TPSA) is 108 Å². The van der Waals surface area contributed by atoms with Crippen molar-refractivity contribution in [3.63, 3.8) is 0 Å². The van der Waals surface area contributed by atoms with Gasteiger partial charge in [-0.05, 0) is 113 Å². The Morgan fingerprint density at radius 3 is 2.24 bits per heavy atom. The summed E-state index contributed by atoms with van der Waals surface area (Å²) in [4.78, 5) is 41.5. The summed E-state index contributed by atoms with van der Waals surface area (Å²) in [6.45, 7) is 11.5. The van der Waals surface area contributed by atoms with Crippen LogP contribution in [0.1, 0.15) is 120 Å². The molecule has 1 aliphatic heterocycles. The molecule has 2 saturated carbocycles. The summed E-state index contributed by atoms with van der Waals surface area (Å²) in [6, 6.07) is 11.9. The molecule has 3 aliphatic rings. The molecule has 1 spiro atoms. The van der Waals surface area contributed by atoms with E-state index in [2.05, 4.69) is 6.58 Å². The highest BCUT2D eigenvalue weighted by atomic mass is 16.7. The highest BCUT2D eigenvalue weighted by Crippen LogP contribution is 2.48. The largest absolute Gasteiger partial charge is 0.508 e. The number of carbonyl (C=O) groups is 3. The van der Waals surface area contributed by atoms with Crippen LogP contribution >= 0.6 is 0 Å². The minimum Gasteiger partial charge on any atom is -0.508 e. The fourth-order valence-electron chi connectivity index (χ4n) is 7.32. The molecule has 2 aliphatic carbocycles. The van der Waals surface area contributed by atoms with Crippen molar-refractivity contribution in [1.29, 1.82) is 0 Å². The van der Waals surface area contributed by atoms with Gasteiger partial charge in [-0.2, -0.15) is 0 Å². The number of esters is 3. The SMILES string of the molecule is C=CC1(OC(=O)C(C)(CC(C)c2ccc(O)cc2)CC(C)(CC)C(=O)Oc2cccc3c2C(=O)OC2(CCCC2)O3)CCCC1. The van der Waals surface area contributed by atoms with E-state index in [1.807, 2.05) is 32.9 Å². The van der Waals surface area contributed by atoms with Gasteiger partial charge in [0, 0.05) is 12.8 Å². The first-order chi connectivity index (χ1) is 21.4. The predicted octanol–water partition coefficient (Wildman–Crippen LogP) is 8.17. The van der Waals surface area contributed by atoms with Gasteiger partial charge in [0.2, 0.25) is 0 Å². The van der Waals surface area contributed by atoms with Crippen LogP contribution in [0.5, 0.6) is 17.2 Å². The maximum atomic E-state index is 14.2. The number of hydrogen-bond acceptors (Lipinski definition) is 8. The van der Waals surface area contributed by atoms with E-state index < -0.39 is 34.2 Å². The minimum absolute atomic E-state index is 0.0772. The molecule has 2 fully saturated rings. The Morgan fingerprint density at radius 2 is 1.62 bits per heavy atom. The Kier molecular flexibility index (Phi) is 9.07. The minimum atomic E-state index is -1.10. The zero-order valence-electron chi connectivity index (χ0n) is 27.0. The lowest BCUT2D eigenvalue weighted by Crippen LogP contribution is -2.45. The first-order valence-electron chi connectivity index (χ1n) is 16.3. The Morgan fingerprint density at radius 1 is 0.978 bits per heavy atom. The van der Waals surface area contributed by atoms with Gasteiger partial charge >= 0.3 is 17.9 Å². The number of carbonyl (C=O) groups excluding carboxylic acids is 3. The zero-order chi connectivity index (χ0) is 32.5. The first kappa shape index (κ1) is 32.6. The van der Waals surface area contributed by atoms with Gasteiger partial charge in [-0.1, -0.05) is 38.6 Å². The molecule has 8 heteroatoms. The number of aromatic hydroxyl groups is 1. The van der Waals surface area contributed by atoms with E-state index in [1.54, 1.807) is 43.3 Å². The Labute approximate surface area is 266 Å². The van der Waals surface area contributed by atoms with E-state index in [0.717, 1.165) is 44.1 Å². The monoisotopic (exact) mass is 618 g/mol. The summed E-state index contributed by atoms with van der Waals surface area (Å²) in [5, 5.41) is 9.81. The highest BCUT2D eigenvalue weighted by Gasteiger charge is 2.50. The van der Waals surface area contributed by atoms with E-state index >= 15 is 0 Å². The summed E-state index contributed by atoms with van der Waals surface area (Å²) in [6.07, 6.45) is 9.09. The van der Waals surface area contributed by atoms with E-state index in [-0.39, 0.29) is 35.4 Å². The third-order valence-electron chi connectivity index (χ3n) is 10.2.